The van der Waals surface area contributed by atoms with E-state index >= 15 is 0 Å². The molecule has 3 aromatic rings. The molecule has 3 aromatic carbocycles. The summed E-state index contributed by atoms with van der Waals surface area (Å²) in [4.78, 5) is 39.0. The highest BCUT2D eigenvalue weighted by Gasteiger charge is 2.35. The molecular formula is C27H25BrClN3O4. The maximum Gasteiger partial charge on any atom is 0.262 e. The van der Waals surface area contributed by atoms with Crippen molar-refractivity contribution in [3.8, 4) is 5.75 Å². The number of halogens is 2. The van der Waals surface area contributed by atoms with Crippen LogP contribution < -0.4 is 20.3 Å². The molecule has 1 fully saturated rings. The Bertz CT molecular complexity index is 1270. The number of carbonyl (C=O) groups is 3. The van der Waals surface area contributed by atoms with Crippen molar-refractivity contribution in [3.05, 3.63) is 87.4 Å². The molecule has 186 valence electrons. The lowest BCUT2D eigenvalue weighted by molar-refractivity contribution is -0.126. The van der Waals surface area contributed by atoms with Crippen LogP contribution in [-0.4, -0.2) is 30.9 Å². The summed E-state index contributed by atoms with van der Waals surface area (Å²) in [5, 5.41) is 6.33. The molecule has 4 rings (SSSR count). The monoisotopic (exact) mass is 569 g/mol. The highest BCUT2D eigenvalue weighted by Crippen LogP contribution is 2.27. The number of nitrogens with zero attached hydrogens (tertiary/aromatic N) is 1. The van der Waals surface area contributed by atoms with Crippen LogP contribution in [0.3, 0.4) is 0 Å². The van der Waals surface area contributed by atoms with Gasteiger partial charge in [-0.2, -0.15) is 0 Å². The van der Waals surface area contributed by atoms with Crippen LogP contribution >= 0.6 is 27.5 Å². The topological polar surface area (TPSA) is 87.7 Å². The van der Waals surface area contributed by atoms with Gasteiger partial charge in [0.25, 0.3) is 5.91 Å². The number of hydrogen-bond donors (Lipinski definition) is 2. The third-order valence-corrected chi connectivity index (χ3v) is 6.70. The first-order valence-corrected chi connectivity index (χ1v) is 12.6. The summed E-state index contributed by atoms with van der Waals surface area (Å²) in [5.74, 6) is -0.484. The van der Waals surface area contributed by atoms with Gasteiger partial charge in [0.05, 0.1) is 11.6 Å². The quantitative estimate of drug-likeness (QED) is 0.395. The zero-order chi connectivity index (χ0) is 25.7. The largest absolute Gasteiger partial charge is 0.484 e. The molecule has 0 aromatic heterocycles. The minimum atomic E-state index is -0.425. The molecule has 1 aliphatic rings. The molecule has 0 aliphatic carbocycles. The van der Waals surface area contributed by atoms with Gasteiger partial charge in [0.2, 0.25) is 11.8 Å². The van der Waals surface area contributed by atoms with E-state index in [0.717, 1.165) is 15.6 Å². The number of anilines is 2. The van der Waals surface area contributed by atoms with E-state index < -0.39 is 5.92 Å². The first kappa shape index (κ1) is 25.7. The molecule has 1 heterocycles. The number of hydrogen-bond acceptors (Lipinski definition) is 4. The van der Waals surface area contributed by atoms with Crippen molar-refractivity contribution >= 4 is 56.6 Å². The van der Waals surface area contributed by atoms with Crippen molar-refractivity contribution < 1.29 is 19.1 Å². The van der Waals surface area contributed by atoms with Crippen LogP contribution in [0.1, 0.15) is 17.5 Å². The summed E-state index contributed by atoms with van der Waals surface area (Å²) in [6, 6.07) is 19.8. The van der Waals surface area contributed by atoms with Crippen LogP contribution in [-0.2, 0) is 20.9 Å². The highest BCUT2D eigenvalue weighted by atomic mass is 79.9. The van der Waals surface area contributed by atoms with Gasteiger partial charge in [-0.1, -0.05) is 29.8 Å². The Kier molecular flexibility index (Phi) is 8.28. The second-order valence-corrected chi connectivity index (χ2v) is 9.85. The summed E-state index contributed by atoms with van der Waals surface area (Å²) in [6.45, 7) is 2.50. The zero-order valence-corrected chi connectivity index (χ0v) is 21.9. The van der Waals surface area contributed by atoms with Gasteiger partial charge in [0, 0.05) is 34.7 Å². The highest BCUT2D eigenvalue weighted by molar-refractivity contribution is 9.10. The van der Waals surface area contributed by atoms with Gasteiger partial charge in [-0.15, -0.1) is 0 Å². The second-order valence-electron chi connectivity index (χ2n) is 8.56. The van der Waals surface area contributed by atoms with Gasteiger partial charge in [0.15, 0.2) is 6.61 Å². The number of amides is 3. The van der Waals surface area contributed by atoms with Crippen molar-refractivity contribution in [3.63, 3.8) is 0 Å². The standard InChI is InChI=1S/C27H25BrClN3O4/c1-17-2-11-24(23(28)12-17)31-25(33)16-36-22-9-7-21(8-10-22)32-15-19(13-26(32)34)27(35)30-14-18-3-5-20(29)6-4-18/h2-12,19H,13-16H2,1H3,(H,30,35)(H,31,33)/t19-/m0/s1. The van der Waals surface area contributed by atoms with Crippen LogP contribution in [0.2, 0.25) is 5.02 Å². The summed E-state index contributed by atoms with van der Waals surface area (Å²) in [7, 11) is 0. The average Bonchev–Trinajstić information content (AvgIpc) is 3.26. The third kappa shape index (κ3) is 6.65. The van der Waals surface area contributed by atoms with E-state index in [0.29, 0.717) is 35.2 Å². The second kappa shape index (κ2) is 11.6. The normalized spacial score (nSPS) is 15.0. The van der Waals surface area contributed by atoms with Gasteiger partial charge in [-0.3, -0.25) is 14.4 Å². The molecule has 0 saturated carbocycles. The van der Waals surface area contributed by atoms with E-state index in [1.54, 1.807) is 41.3 Å². The summed E-state index contributed by atoms with van der Waals surface area (Å²) in [6.07, 6.45) is 0.152. The average molecular weight is 571 g/mol. The van der Waals surface area contributed by atoms with Crippen LogP contribution in [0.4, 0.5) is 11.4 Å². The van der Waals surface area contributed by atoms with Crippen molar-refractivity contribution in [1.82, 2.24) is 5.32 Å². The number of nitrogens with one attached hydrogen (secondary N) is 2. The Balaban J connectivity index is 1.27. The number of rotatable bonds is 8. The first-order valence-electron chi connectivity index (χ1n) is 11.4. The molecule has 2 N–H and O–H groups in total. The molecule has 36 heavy (non-hydrogen) atoms. The molecule has 3 amide bonds. The number of benzene rings is 3. The maximum atomic E-state index is 12.6. The van der Waals surface area contributed by atoms with Crippen molar-refractivity contribution in [2.75, 3.05) is 23.4 Å². The summed E-state index contributed by atoms with van der Waals surface area (Å²) in [5.41, 5.74) is 3.36. The van der Waals surface area contributed by atoms with Crippen LogP contribution in [0, 0.1) is 12.8 Å². The Labute approximate surface area is 222 Å². The molecule has 9 heteroatoms. The van der Waals surface area contributed by atoms with Gasteiger partial charge in [-0.05, 0) is 82.5 Å². The van der Waals surface area contributed by atoms with Gasteiger partial charge in [0.1, 0.15) is 5.75 Å². The minimum Gasteiger partial charge on any atom is -0.484 e. The lowest BCUT2D eigenvalue weighted by Gasteiger charge is -2.17. The maximum absolute atomic E-state index is 12.6. The Morgan fingerprint density at radius 3 is 2.50 bits per heavy atom. The molecular weight excluding hydrogens is 546 g/mol. The molecule has 7 nitrogen and oxygen atoms in total. The van der Waals surface area contributed by atoms with Gasteiger partial charge in [-0.25, -0.2) is 0 Å². The van der Waals surface area contributed by atoms with E-state index in [4.69, 9.17) is 16.3 Å². The molecule has 0 unspecified atom stereocenters. The van der Waals surface area contributed by atoms with E-state index in [-0.39, 0.29) is 30.7 Å². The van der Waals surface area contributed by atoms with Crippen LogP contribution in [0.15, 0.2) is 71.2 Å². The lowest BCUT2D eigenvalue weighted by atomic mass is 10.1. The molecule has 0 bridgehead atoms. The van der Waals surface area contributed by atoms with Crippen molar-refractivity contribution in [2.24, 2.45) is 5.92 Å². The van der Waals surface area contributed by atoms with Gasteiger partial charge >= 0.3 is 0 Å². The van der Waals surface area contributed by atoms with E-state index in [1.807, 2.05) is 37.3 Å². The smallest absolute Gasteiger partial charge is 0.262 e. The Morgan fingerprint density at radius 1 is 1.08 bits per heavy atom. The number of ether oxygens (including phenoxy) is 1. The number of aryl methyl sites for hydroxylation is 1. The fourth-order valence-corrected chi connectivity index (χ4v) is 4.57. The molecule has 0 radical (unpaired) electrons. The Hall–Kier alpha value is -3.36. The predicted octanol–water partition coefficient (Wildman–Crippen LogP) is 5.10. The molecule has 1 aliphatic heterocycles. The predicted molar refractivity (Wildman–Crippen MR) is 143 cm³/mol. The molecule has 0 spiro atoms. The van der Waals surface area contributed by atoms with Gasteiger partial charge < -0.3 is 20.3 Å². The number of carbonyl (C=O) groups excluding carboxylic acids is 3. The van der Waals surface area contributed by atoms with Crippen molar-refractivity contribution in [2.45, 2.75) is 19.9 Å². The van der Waals surface area contributed by atoms with Crippen LogP contribution in [0.5, 0.6) is 5.75 Å². The molecule has 1 saturated heterocycles. The SMILES string of the molecule is Cc1ccc(NC(=O)COc2ccc(N3C[C@@H](C(=O)NCc4ccc(Cl)cc4)CC3=O)cc2)c(Br)c1. The summed E-state index contributed by atoms with van der Waals surface area (Å²) < 4.78 is 6.38. The summed E-state index contributed by atoms with van der Waals surface area (Å²) >= 11 is 9.33. The molecule has 1 atom stereocenters. The fourth-order valence-electron chi connectivity index (χ4n) is 3.85. The zero-order valence-electron chi connectivity index (χ0n) is 19.6. The third-order valence-electron chi connectivity index (χ3n) is 5.79. The van der Waals surface area contributed by atoms with Crippen molar-refractivity contribution in [1.29, 1.82) is 0 Å². The van der Waals surface area contributed by atoms with E-state index in [2.05, 4.69) is 26.6 Å². The first-order chi connectivity index (χ1) is 17.3. The lowest BCUT2D eigenvalue weighted by Crippen LogP contribution is -2.32. The van der Waals surface area contributed by atoms with Crippen LogP contribution in [0.25, 0.3) is 0 Å². The van der Waals surface area contributed by atoms with E-state index in [1.165, 1.54) is 0 Å². The minimum absolute atomic E-state index is 0.113. The van der Waals surface area contributed by atoms with E-state index in [9.17, 15) is 14.4 Å². The fraction of sp³-hybridized carbons (Fsp3) is 0.222. The Morgan fingerprint density at radius 2 is 1.81 bits per heavy atom.